The van der Waals surface area contributed by atoms with Gasteiger partial charge in [-0.3, -0.25) is 0 Å². The van der Waals surface area contributed by atoms with Crippen molar-refractivity contribution in [1.29, 1.82) is 0 Å². The van der Waals surface area contributed by atoms with Gasteiger partial charge in [-0.15, -0.1) is 0 Å². The average molecular weight is 250 g/mol. The second-order valence-electron chi connectivity index (χ2n) is 4.04. The summed E-state index contributed by atoms with van der Waals surface area (Å²) in [6.07, 6.45) is 2.85. The maximum Gasteiger partial charge on any atom is 0.177 e. The lowest BCUT2D eigenvalue weighted by molar-refractivity contribution is 0.596. The summed E-state index contributed by atoms with van der Waals surface area (Å²) in [4.78, 5) is 3.05. The van der Waals surface area contributed by atoms with Gasteiger partial charge >= 0.3 is 0 Å². The quantitative estimate of drug-likeness (QED) is 0.820. The highest BCUT2D eigenvalue weighted by Crippen LogP contribution is 2.21. The van der Waals surface area contributed by atoms with Crippen LogP contribution in [0.5, 0.6) is 0 Å². The molecule has 0 amide bonds. The van der Waals surface area contributed by atoms with Crippen molar-refractivity contribution >= 4 is 12.2 Å². The molecule has 1 N–H and O–H groups in total. The van der Waals surface area contributed by atoms with Gasteiger partial charge in [0, 0.05) is 11.9 Å². The Morgan fingerprint density at radius 2 is 2.00 bits per heavy atom. The Balaban J connectivity index is 2.43. The molecule has 90 valence electrons. The molecule has 0 unspecified atom stereocenters. The molecule has 0 saturated heterocycles. The second kappa shape index (κ2) is 4.84. The van der Waals surface area contributed by atoms with Crippen molar-refractivity contribution in [3.05, 3.63) is 52.3 Å². The van der Waals surface area contributed by atoms with Gasteiger partial charge in [-0.2, -0.15) is 0 Å². The highest BCUT2D eigenvalue weighted by Gasteiger charge is 2.12. The van der Waals surface area contributed by atoms with Gasteiger partial charge in [0.25, 0.3) is 0 Å². The molecule has 0 fully saturated rings. The molecule has 4 heteroatoms. The first-order chi connectivity index (χ1) is 8.13. The molecule has 1 atom stereocenters. The van der Waals surface area contributed by atoms with E-state index in [4.69, 9.17) is 12.2 Å². The predicted octanol–water partition coefficient (Wildman–Crippen LogP) is 3.86. The van der Waals surface area contributed by atoms with Gasteiger partial charge in [0.1, 0.15) is 5.82 Å². The lowest BCUT2D eigenvalue weighted by Crippen LogP contribution is -2.10. The highest BCUT2D eigenvalue weighted by atomic mass is 32.1. The molecule has 0 aliphatic carbocycles. The second-order valence-corrected chi connectivity index (χ2v) is 4.42. The molecule has 2 aromatic rings. The number of hydrogen-bond donors (Lipinski definition) is 1. The molecule has 0 radical (unpaired) electrons. The number of aryl methyl sites for hydroxylation is 1. The average Bonchev–Trinajstić information content (AvgIpc) is 2.70. The number of nitrogens with zero attached hydrogens (tertiary/aromatic N) is 1. The molecule has 0 aliphatic heterocycles. The molecule has 2 nitrogen and oxygen atoms in total. The lowest BCUT2D eigenvalue weighted by Gasteiger charge is -2.16. The zero-order valence-electron chi connectivity index (χ0n) is 9.90. The molecule has 2 rings (SSSR count). The Morgan fingerprint density at radius 3 is 2.59 bits per heavy atom. The molecule has 0 bridgehead atoms. The topological polar surface area (TPSA) is 20.7 Å². The van der Waals surface area contributed by atoms with Crippen molar-refractivity contribution in [3.63, 3.8) is 0 Å². The van der Waals surface area contributed by atoms with Gasteiger partial charge in [0.05, 0.1) is 6.04 Å². The molecule has 1 heterocycles. The summed E-state index contributed by atoms with van der Waals surface area (Å²) < 4.78 is 15.7. The van der Waals surface area contributed by atoms with Crippen LogP contribution >= 0.6 is 12.2 Å². The normalized spacial score (nSPS) is 12.6. The minimum absolute atomic E-state index is 0.115. The zero-order valence-corrected chi connectivity index (χ0v) is 10.7. The van der Waals surface area contributed by atoms with Crippen LogP contribution in [0.3, 0.4) is 0 Å². The van der Waals surface area contributed by atoms with Gasteiger partial charge in [0.15, 0.2) is 4.77 Å². The number of benzene rings is 1. The largest absolute Gasteiger partial charge is 0.337 e. The van der Waals surface area contributed by atoms with E-state index in [-0.39, 0.29) is 11.9 Å². The van der Waals surface area contributed by atoms with Crippen molar-refractivity contribution in [2.45, 2.75) is 26.3 Å². The number of H-pyrrole nitrogens is 1. The first-order valence-electron chi connectivity index (χ1n) is 5.67. The van der Waals surface area contributed by atoms with Gasteiger partial charge in [-0.05, 0) is 43.3 Å². The van der Waals surface area contributed by atoms with Crippen molar-refractivity contribution < 1.29 is 4.39 Å². The van der Waals surface area contributed by atoms with Crippen LogP contribution in [-0.4, -0.2) is 9.55 Å². The van der Waals surface area contributed by atoms with Gasteiger partial charge in [0.2, 0.25) is 0 Å². The molecule has 1 aromatic heterocycles. The van der Waals surface area contributed by atoms with Gasteiger partial charge in [-0.25, -0.2) is 4.39 Å². The summed E-state index contributed by atoms with van der Waals surface area (Å²) in [6, 6.07) is 6.67. The third-order valence-electron chi connectivity index (χ3n) is 2.99. The third-order valence-corrected chi connectivity index (χ3v) is 3.31. The number of hydrogen-bond acceptors (Lipinski definition) is 1. The first kappa shape index (κ1) is 12.0. The van der Waals surface area contributed by atoms with Gasteiger partial charge < -0.3 is 9.55 Å². The number of aromatic amines is 1. The standard InChI is InChI=1S/C13H15FN2S/c1-3-12-8-15-13(17)16(12)9(2)10-4-6-11(14)7-5-10/h4-9H,3H2,1-2H3,(H,15,17)/t9-/m1/s1. The van der Waals surface area contributed by atoms with Crippen LogP contribution in [0.1, 0.15) is 31.1 Å². The zero-order chi connectivity index (χ0) is 12.4. The lowest BCUT2D eigenvalue weighted by atomic mass is 10.1. The molecular weight excluding hydrogens is 235 g/mol. The number of imidazole rings is 1. The van der Waals surface area contributed by atoms with E-state index in [1.54, 1.807) is 12.1 Å². The summed E-state index contributed by atoms with van der Waals surface area (Å²) in [5.41, 5.74) is 2.21. The third kappa shape index (κ3) is 2.31. The van der Waals surface area contributed by atoms with Crippen LogP contribution in [0.2, 0.25) is 0 Å². The van der Waals surface area contributed by atoms with Crippen LogP contribution in [-0.2, 0) is 6.42 Å². The number of halogens is 1. The van der Waals surface area contributed by atoms with Crippen LogP contribution in [0, 0.1) is 10.6 Å². The minimum Gasteiger partial charge on any atom is -0.337 e. The molecule has 0 saturated carbocycles. The van der Waals surface area contributed by atoms with Crippen molar-refractivity contribution in [2.24, 2.45) is 0 Å². The number of rotatable bonds is 3. The van der Waals surface area contributed by atoms with E-state index < -0.39 is 0 Å². The molecule has 17 heavy (non-hydrogen) atoms. The fourth-order valence-electron chi connectivity index (χ4n) is 2.00. The van der Waals surface area contributed by atoms with E-state index in [9.17, 15) is 4.39 Å². The Morgan fingerprint density at radius 1 is 1.35 bits per heavy atom. The van der Waals surface area contributed by atoms with E-state index >= 15 is 0 Å². The molecule has 0 aliphatic rings. The fraction of sp³-hybridized carbons (Fsp3) is 0.308. The first-order valence-corrected chi connectivity index (χ1v) is 6.08. The van der Waals surface area contributed by atoms with E-state index in [0.29, 0.717) is 4.77 Å². The van der Waals surface area contributed by atoms with Crippen LogP contribution in [0.25, 0.3) is 0 Å². The van der Waals surface area contributed by atoms with Crippen LogP contribution in [0.15, 0.2) is 30.5 Å². The van der Waals surface area contributed by atoms with Crippen LogP contribution < -0.4 is 0 Å². The summed E-state index contributed by atoms with van der Waals surface area (Å²) in [6.45, 7) is 4.15. The maximum absolute atomic E-state index is 12.9. The maximum atomic E-state index is 12.9. The monoisotopic (exact) mass is 250 g/mol. The predicted molar refractivity (Wildman–Crippen MR) is 69.2 cm³/mol. The minimum atomic E-state index is -0.214. The van der Waals surface area contributed by atoms with E-state index in [2.05, 4.69) is 23.4 Å². The highest BCUT2D eigenvalue weighted by molar-refractivity contribution is 7.71. The van der Waals surface area contributed by atoms with Crippen molar-refractivity contribution in [2.75, 3.05) is 0 Å². The molecular formula is C13H15FN2S. The number of aromatic nitrogens is 2. The van der Waals surface area contributed by atoms with E-state index in [0.717, 1.165) is 17.7 Å². The van der Waals surface area contributed by atoms with E-state index in [1.807, 2.05) is 6.20 Å². The summed E-state index contributed by atoms with van der Waals surface area (Å²) in [5, 5.41) is 0. The van der Waals surface area contributed by atoms with Crippen molar-refractivity contribution in [1.82, 2.24) is 9.55 Å². The molecule has 1 aromatic carbocycles. The Bertz CT molecular complexity index is 554. The Kier molecular flexibility index (Phi) is 3.43. The fourth-order valence-corrected chi connectivity index (χ4v) is 2.34. The summed E-state index contributed by atoms with van der Waals surface area (Å²) in [5.74, 6) is -0.214. The van der Waals surface area contributed by atoms with Crippen molar-refractivity contribution in [3.8, 4) is 0 Å². The Hall–Kier alpha value is -1.42. The van der Waals surface area contributed by atoms with Crippen LogP contribution in [0.4, 0.5) is 4.39 Å². The molecule has 0 spiro atoms. The summed E-state index contributed by atoms with van der Waals surface area (Å²) in [7, 11) is 0. The van der Waals surface area contributed by atoms with E-state index in [1.165, 1.54) is 12.1 Å². The number of nitrogens with one attached hydrogen (secondary N) is 1. The smallest absolute Gasteiger partial charge is 0.177 e. The summed E-state index contributed by atoms with van der Waals surface area (Å²) >= 11 is 5.27. The Labute approximate surface area is 105 Å². The SMILES string of the molecule is CCc1c[nH]c(=S)n1[C@H](C)c1ccc(F)cc1. The van der Waals surface area contributed by atoms with Gasteiger partial charge in [-0.1, -0.05) is 19.1 Å².